The zero-order chi connectivity index (χ0) is 19.2. The molecule has 0 atom stereocenters. The van der Waals surface area contributed by atoms with Crippen molar-refractivity contribution in [1.29, 1.82) is 0 Å². The van der Waals surface area contributed by atoms with Gasteiger partial charge in [-0.15, -0.1) is 0 Å². The van der Waals surface area contributed by atoms with Crippen LogP contribution in [0.3, 0.4) is 0 Å². The molecule has 5 nitrogen and oxygen atoms in total. The number of anilines is 1. The minimum atomic E-state index is -1.13. The molecule has 0 aliphatic rings. The maximum Gasteiger partial charge on any atom is 0.239 e. The molecule has 26 heavy (non-hydrogen) atoms. The fourth-order valence-electron chi connectivity index (χ4n) is 2.52. The molecule has 2 amide bonds. The van der Waals surface area contributed by atoms with Gasteiger partial charge in [0.2, 0.25) is 11.8 Å². The minimum absolute atomic E-state index is 0.177. The van der Waals surface area contributed by atoms with Gasteiger partial charge >= 0.3 is 0 Å². The van der Waals surface area contributed by atoms with E-state index in [2.05, 4.69) is 5.32 Å². The average molecular weight is 354 g/mol. The van der Waals surface area contributed by atoms with E-state index in [0.717, 1.165) is 5.75 Å². The first-order chi connectivity index (χ1) is 12.4. The number of rotatable bonds is 7. The zero-order valence-electron chi connectivity index (χ0n) is 15.8. The van der Waals surface area contributed by atoms with Crippen molar-refractivity contribution in [2.45, 2.75) is 27.7 Å². The van der Waals surface area contributed by atoms with Crippen LogP contribution in [-0.2, 0) is 9.59 Å². The van der Waals surface area contributed by atoms with E-state index in [1.165, 1.54) is 0 Å². The van der Waals surface area contributed by atoms with Crippen LogP contribution < -0.4 is 10.1 Å². The SMILES string of the molecule is CCN(CC)C(=O)C(C)(C)C(=O)Nc1ccc(Oc2ccccc2)cc1. The lowest BCUT2D eigenvalue weighted by molar-refractivity contribution is -0.146. The molecule has 5 heteroatoms. The van der Waals surface area contributed by atoms with Gasteiger partial charge in [0.15, 0.2) is 0 Å². The Balaban J connectivity index is 2.03. The molecule has 0 bridgehead atoms. The number of carbonyl (C=O) groups is 2. The summed E-state index contributed by atoms with van der Waals surface area (Å²) in [4.78, 5) is 26.8. The Morgan fingerprint density at radius 3 is 2.00 bits per heavy atom. The smallest absolute Gasteiger partial charge is 0.239 e. The average Bonchev–Trinajstić information content (AvgIpc) is 2.65. The van der Waals surface area contributed by atoms with Crippen molar-refractivity contribution >= 4 is 17.5 Å². The van der Waals surface area contributed by atoms with Crippen LogP contribution in [0.25, 0.3) is 0 Å². The quantitative estimate of drug-likeness (QED) is 0.754. The molecular formula is C21H26N2O3. The molecule has 0 radical (unpaired) electrons. The Morgan fingerprint density at radius 2 is 1.46 bits per heavy atom. The second kappa shape index (κ2) is 8.52. The van der Waals surface area contributed by atoms with Gasteiger partial charge in [-0.1, -0.05) is 18.2 Å². The lowest BCUT2D eigenvalue weighted by atomic mass is 9.90. The number of carbonyl (C=O) groups excluding carboxylic acids is 2. The highest BCUT2D eigenvalue weighted by atomic mass is 16.5. The summed E-state index contributed by atoms with van der Waals surface area (Å²) in [6, 6.07) is 16.5. The van der Waals surface area contributed by atoms with E-state index in [0.29, 0.717) is 24.5 Å². The Kier molecular flexibility index (Phi) is 6.39. The van der Waals surface area contributed by atoms with Crippen LogP contribution >= 0.6 is 0 Å². The molecule has 138 valence electrons. The number of benzene rings is 2. The molecular weight excluding hydrogens is 328 g/mol. The van der Waals surface area contributed by atoms with Gasteiger partial charge in [-0.05, 0) is 64.1 Å². The normalized spacial score (nSPS) is 10.9. The van der Waals surface area contributed by atoms with Crippen molar-refractivity contribution in [2.75, 3.05) is 18.4 Å². The highest BCUT2D eigenvalue weighted by molar-refractivity contribution is 6.09. The molecule has 2 aromatic rings. The van der Waals surface area contributed by atoms with Crippen molar-refractivity contribution in [2.24, 2.45) is 5.41 Å². The Hall–Kier alpha value is -2.82. The molecule has 0 aliphatic carbocycles. The number of amides is 2. The molecule has 1 N–H and O–H groups in total. The number of ether oxygens (including phenoxy) is 1. The van der Waals surface area contributed by atoms with Crippen LogP contribution in [0.2, 0.25) is 0 Å². The fraction of sp³-hybridized carbons (Fsp3) is 0.333. The van der Waals surface area contributed by atoms with Crippen LogP contribution in [0.5, 0.6) is 11.5 Å². The predicted molar refractivity (Wildman–Crippen MR) is 103 cm³/mol. The second-order valence-corrected chi connectivity index (χ2v) is 6.50. The molecule has 0 saturated heterocycles. The molecule has 0 unspecified atom stereocenters. The third kappa shape index (κ3) is 4.63. The summed E-state index contributed by atoms with van der Waals surface area (Å²) in [6.45, 7) is 8.27. The standard InChI is InChI=1S/C21H26N2O3/c1-5-23(6-2)20(25)21(3,4)19(24)22-16-12-14-18(15-13-16)26-17-10-8-7-9-11-17/h7-15H,5-6H2,1-4H3,(H,22,24). The summed E-state index contributed by atoms with van der Waals surface area (Å²) in [5.74, 6) is 0.915. The van der Waals surface area contributed by atoms with Crippen molar-refractivity contribution in [3.8, 4) is 11.5 Å². The maximum absolute atomic E-state index is 12.6. The Morgan fingerprint density at radius 1 is 0.923 bits per heavy atom. The van der Waals surface area contributed by atoms with Crippen molar-refractivity contribution in [3.05, 3.63) is 54.6 Å². The van der Waals surface area contributed by atoms with Crippen LogP contribution in [-0.4, -0.2) is 29.8 Å². The monoisotopic (exact) mass is 354 g/mol. The number of hydrogen-bond donors (Lipinski definition) is 1. The third-order valence-electron chi connectivity index (χ3n) is 4.24. The van der Waals surface area contributed by atoms with Crippen molar-refractivity contribution in [3.63, 3.8) is 0 Å². The lowest BCUT2D eigenvalue weighted by Gasteiger charge is -2.29. The maximum atomic E-state index is 12.6. The van der Waals surface area contributed by atoms with E-state index >= 15 is 0 Å². The van der Waals surface area contributed by atoms with Crippen LogP contribution in [0.4, 0.5) is 5.69 Å². The molecule has 0 aliphatic heterocycles. The number of hydrogen-bond acceptors (Lipinski definition) is 3. The summed E-state index contributed by atoms with van der Waals surface area (Å²) in [5.41, 5.74) is -0.513. The van der Waals surface area contributed by atoms with E-state index in [1.807, 2.05) is 44.2 Å². The molecule has 2 aromatic carbocycles. The molecule has 0 saturated carbocycles. The van der Waals surface area contributed by atoms with E-state index in [9.17, 15) is 9.59 Å². The van der Waals surface area contributed by atoms with Gasteiger partial charge in [0.05, 0.1) is 0 Å². The largest absolute Gasteiger partial charge is 0.457 e. The molecule has 0 aromatic heterocycles. The summed E-state index contributed by atoms with van der Waals surface area (Å²) in [6.07, 6.45) is 0. The van der Waals surface area contributed by atoms with E-state index in [4.69, 9.17) is 4.74 Å². The summed E-state index contributed by atoms with van der Waals surface area (Å²) < 4.78 is 5.73. The van der Waals surface area contributed by atoms with Gasteiger partial charge in [-0.25, -0.2) is 0 Å². The Labute approximate surface area is 155 Å². The van der Waals surface area contributed by atoms with Gasteiger partial charge in [-0.2, -0.15) is 0 Å². The van der Waals surface area contributed by atoms with E-state index in [-0.39, 0.29) is 11.8 Å². The van der Waals surface area contributed by atoms with Gasteiger partial charge in [-0.3, -0.25) is 9.59 Å². The molecule has 0 spiro atoms. The summed E-state index contributed by atoms with van der Waals surface area (Å²) in [7, 11) is 0. The van der Waals surface area contributed by atoms with Gasteiger partial charge < -0.3 is 15.0 Å². The van der Waals surface area contributed by atoms with Crippen LogP contribution in [0, 0.1) is 5.41 Å². The summed E-state index contributed by atoms with van der Waals surface area (Å²) in [5, 5.41) is 2.82. The number of nitrogens with zero attached hydrogens (tertiary/aromatic N) is 1. The minimum Gasteiger partial charge on any atom is -0.457 e. The first-order valence-corrected chi connectivity index (χ1v) is 8.82. The second-order valence-electron chi connectivity index (χ2n) is 6.50. The lowest BCUT2D eigenvalue weighted by Crippen LogP contribution is -2.47. The Bertz CT molecular complexity index is 736. The fourth-order valence-corrected chi connectivity index (χ4v) is 2.52. The van der Waals surface area contributed by atoms with Crippen molar-refractivity contribution < 1.29 is 14.3 Å². The van der Waals surface area contributed by atoms with Crippen molar-refractivity contribution in [1.82, 2.24) is 4.90 Å². The first-order valence-electron chi connectivity index (χ1n) is 8.82. The van der Waals surface area contributed by atoms with Crippen LogP contribution in [0.15, 0.2) is 54.6 Å². The molecule has 0 fully saturated rings. The highest BCUT2D eigenvalue weighted by Crippen LogP contribution is 2.25. The number of para-hydroxylation sites is 1. The molecule has 0 heterocycles. The number of nitrogens with one attached hydrogen (secondary N) is 1. The highest BCUT2D eigenvalue weighted by Gasteiger charge is 2.38. The van der Waals surface area contributed by atoms with Crippen LogP contribution in [0.1, 0.15) is 27.7 Å². The summed E-state index contributed by atoms with van der Waals surface area (Å²) >= 11 is 0. The van der Waals surface area contributed by atoms with E-state index < -0.39 is 5.41 Å². The van der Waals surface area contributed by atoms with Gasteiger partial charge in [0.1, 0.15) is 16.9 Å². The molecule has 2 rings (SSSR count). The zero-order valence-corrected chi connectivity index (χ0v) is 15.8. The first kappa shape index (κ1) is 19.5. The van der Waals surface area contributed by atoms with E-state index in [1.54, 1.807) is 43.0 Å². The topological polar surface area (TPSA) is 58.6 Å². The third-order valence-corrected chi connectivity index (χ3v) is 4.24. The van der Waals surface area contributed by atoms with Gasteiger partial charge in [0, 0.05) is 18.8 Å². The predicted octanol–water partition coefficient (Wildman–Crippen LogP) is 4.31. The van der Waals surface area contributed by atoms with Gasteiger partial charge in [0.25, 0.3) is 0 Å².